The van der Waals surface area contributed by atoms with Crippen LogP contribution in [0.4, 0.5) is 0 Å². The van der Waals surface area contributed by atoms with Gasteiger partial charge >= 0.3 is 153 Å². The van der Waals surface area contributed by atoms with Crippen molar-refractivity contribution >= 4 is 48.0 Å². The predicted molar refractivity (Wildman–Crippen MR) is 130 cm³/mol. The predicted octanol–water partition coefficient (Wildman–Crippen LogP) is 5.99. The number of benzene rings is 3. The van der Waals surface area contributed by atoms with E-state index in [2.05, 4.69) is 105 Å². The quantitative estimate of drug-likeness (QED) is 0.411. The maximum atomic E-state index is 2.35. The van der Waals surface area contributed by atoms with Gasteiger partial charge in [-0.15, -0.1) is 24.8 Å². The van der Waals surface area contributed by atoms with Crippen LogP contribution in [0.15, 0.2) is 91.0 Å². The maximum Gasteiger partial charge on any atom is -0.147 e. The average Bonchev–Trinajstić information content (AvgIpc) is 2.67. The van der Waals surface area contributed by atoms with Gasteiger partial charge in [0.05, 0.1) is 0 Å². The molecule has 0 N–H and O–H groups in total. The number of halogens is 2. The van der Waals surface area contributed by atoms with E-state index < -0.39 is 7.26 Å². The molecule has 0 heterocycles. The van der Waals surface area contributed by atoms with Gasteiger partial charge in [-0.25, -0.2) is 0 Å². The minimum Gasteiger partial charge on any atom is -0.147 e. The van der Waals surface area contributed by atoms with Gasteiger partial charge in [-0.3, -0.25) is 0 Å². The Morgan fingerprint density at radius 2 is 0.926 bits per heavy atom. The normalized spacial score (nSPS) is 11.4. The van der Waals surface area contributed by atoms with E-state index in [1.54, 1.807) is 0 Å². The Hall–Kier alpha value is -1.33. The molecule has 3 rings (SSSR count). The molecule has 0 aliphatic heterocycles. The molecule has 0 aromatic heterocycles. The first-order valence-corrected chi connectivity index (χ1v) is 11.6. The molecule has 0 bridgehead atoms. The Labute approximate surface area is 177 Å². The summed E-state index contributed by atoms with van der Waals surface area (Å²) >= 11 is 0. The molecule has 0 aliphatic carbocycles. The van der Waals surface area contributed by atoms with Crippen molar-refractivity contribution in [2.24, 2.45) is 5.92 Å². The topological polar surface area (TPSA) is 0 Å². The van der Waals surface area contributed by atoms with E-state index in [4.69, 9.17) is 0 Å². The van der Waals surface area contributed by atoms with Gasteiger partial charge in [-0.1, -0.05) is 0 Å². The van der Waals surface area contributed by atoms with Gasteiger partial charge in [0.2, 0.25) is 0 Å². The van der Waals surface area contributed by atoms with Crippen LogP contribution in [0.2, 0.25) is 0 Å². The summed E-state index contributed by atoms with van der Waals surface area (Å²) < 4.78 is 0. The van der Waals surface area contributed by atoms with Crippen molar-refractivity contribution in [1.82, 2.24) is 0 Å². The molecule has 3 aromatic carbocycles. The van der Waals surface area contributed by atoms with Gasteiger partial charge < -0.3 is 0 Å². The second-order valence-corrected chi connectivity index (χ2v) is 11.3. The zero-order valence-corrected chi connectivity index (χ0v) is 18.8. The molecule has 0 unspecified atom stereocenters. The molecule has 0 saturated heterocycles. The number of rotatable bonds is 7. The third-order valence-electron chi connectivity index (χ3n) is 5.13. The molecule has 0 atom stereocenters. The van der Waals surface area contributed by atoms with E-state index in [-0.39, 0.29) is 24.8 Å². The van der Waals surface area contributed by atoms with Crippen molar-refractivity contribution in [3.63, 3.8) is 0 Å². The van der Waals surface area contributed by atoms with Crippen LogP contribution in [0, 0.1) is 5.92 Å². The minimum atomic E-state index is -1.99. The second kappa shape index (κ2) is 11.5. The molecule has 0 radical (unpaired) electrons. The van der Waals surface area contributed by atoms with Crippen LogP contribution in [-0.2, 0) is 0 Å². The maximum absolute atomic E-state index is 2.35. The van der Waals surface area contributed by atoms with Crippen molar-refractivity contribution in [3.8, 4) is 0 Å². The van der Waals surface area contributed by atoms with E-state index in [1.807, 2.05) is 0 Å². The van der Waals surface area contributed by atoms with Crippen LogP contribution in [0.3, 0.4) is 0 Å². The summed E-state index contributed by atoms with van der Waals surface area (Å²) in [6.07, 6.45) is 3.84. The molecule has 0 aliphatic rings. The molecule has 27 heavy (non-hydrogen) atoms. The zero-order chi connectivity index (χ0) is 17.5. The zero-order valence-electron chi connectivity index (χ0n) is 16.2. The summed E-state index contributed by atoms with van der Waals surface area (Å²) in [5, 5.41) is 4.57. The van der Waals surface area contributed by atoms with Crippen LogP contribution in [-0.4, -0.2) is 6.16 Å². The molecule has 0 fully saturated rings. The fourth-order valence-electron chi connectivity index (χ4n) is 3.88. The first-order valence-electron chi connectivity index (χ1n) is 9.40. The van der Waals surface area contributed by atoms with E-state index in [0.29, 0.717) is 0 Å². The number of hydrogen-bond acceptors (Lipinski definition) is 0. The van der Waals surface area contributed by atoms with Gasteiger partial charge in [0, 0.05) is 0 Å². The van der Waals surface area contributed by atoms with Crippen molar-refractivity contribution in [2.45, 2.75) is 26.7 Å². The Morgan fingerprint density at radius 3 is 1.22 bits per heavy atom. The molecular formula is C24H31Cl2P. The molecule has 0 spiro atoms. The Balaban J connectivity index is 0.00000182. The molecule has 0 saturated carbocycles. The molecule has 0 amide bonds. The standard InChI is InChI=1S/C24H29P.2ClH/c1-21(2)13-12-20-25(22-14-6-3-7-15-22,23-16-8-4-9-17-23)24-18-10-5-11-19-24;;/h3-11,14-19,21,25H,12-13,20H2,1-2H3;2*1H. The fraction of sp³-hybridized carbons (Fsp3) is 0.250. The van der Waals surface area contributed by atoms with Gasteiger partial charge in [0.25, 0.3) is 0 Å². The molecular weight excluding hydrogens is 390 g/mol. The largest absolute Gasteiger partial charge is 0.147 e. The fourth-order valence-corrected chi connectivity index (χ4v) is 8.76. The summed E-state index contributed by atoms with van der Waals surface area (Å²) in [4.78, 5) is 0. The molecule has 0 nitrogen and oxygen atoms in total. The van der Waals surface area contributed by atoms with Gasteiger partial charge in [-0.05, 0) is 0 Å². The summed E-state index contributed by atoms with van der Waals surface area (Å²) in [7, 11) is -1.99. The minimum absolute atomic E-state index is 0. The van der Waals surface area contributed by atoms with Crippen molar-refractivity contribution in [2.75, 3.05) is 6.16 Å². The molecule has 3 aromatic rings. The van der Waals surface area contributed by atoms with Crippen LogP contribution in [0.1, 0.15) is 26.7 Å². The van der Waals surface area contributed by atoms with Gasteiger partial charge in [0.15, 0.2) is 0 Å². The number of hydrogen-bond donors (Lipinski definition) is 0. The third kappa shape index (κ3) is 5.58. The summed E-state index contributed by atoms with van der Waals surface area (Å²) in [6.45, 7) is 4.66. The average molecular weight is 421 g/mol. The first-order chi connectivity index (χ1) is 12.2. The van der Waals surface area contributed by atoms with Gasteiger partial charge in [-0.2, -0.15) is 0 Å². The monoisotopic (exact) mass is 420 g/mol. The first kappa shape index (κ1) is 23.7. The van der Waals surface area contributed by atoms with E-state index in [1.165, 1.54) is 34.9 Å². The third-order valence-corrected chi connectivity index (χ3v) is 10.2. The van der Waals surface area contributed by atoms with Crippen molar-refractivity contribution < 1.29 is 0 Å². The van der Waals surface area contributed by atoms with E-state index in [0.717, 1.165) is 5.92 Å². The van der Waals surface area contributed by atoms with E-state index in [9.17, 15) is 0 Å². The summed E-state index contributed by atoms with van der Waals surface area (Å²) in [5.41, 5.74) is 0. The van der Waals surface area contributed by atoms with Crippen molar-refractivity contribution in [1.29, 1.82) is 0 Å². The van der Waals surface area contributed by atoms with Crippen LogP contribution in [0.25, 0.3) is 0 Å². The van der Waals surface area contributed by atoms with Crippen LogP contribution in [0.5, 0.6) is 0 Å². The Bertz CT molecular complexity index is 661. The molecule has 146 valence electrons. The summed E-state index contributed by atoms with van der Waals surface area (Å²) in [5.74, 6) is 0.758. The Kier molecular flexibility index (Phi) is 10.1. The van der Waals surface area contributed by atoms with E-state index >= 15 is 0 Å². The molecule has 3 heteroatoms. The smallest absolute Gasteiger partial charge is 0.147 e. The Morgan fingerprint density at radius 1 is 0.593 bits per heavy atom. The van der Waals surface area contributed by atoms with Crippen LogP contribution >= 0.6 is 32.1 Å². The summed E-state index contributed by atoms with van der Waals surface area (Å²) in [6, 6.07) is 33.7. The second-order valence-electron chi connectivity index (χ2n) is 7.29. The van der Waals surface area contributed by atoms with Crippen molar-refractivity contribution in [3.05, 3.63) is 91.0 Å². The SMILES string of the molecule is CC(C)CCC[PH](c1ccccc1)(c1ccccc1)c1ccccc1.Cl.Cl. The van der Waals surface area contributed by atoms with Gasteiger partial charge in [0.1, 0.15) is 0 Å². The van der Waals surface area contributed by atoms with Crippen LogP contribution < -0.4 is 15.9 Å².